The van der Waals surface area contributed by atoms with Crippen LogP contribution in [0.2, 0.25) is 0 Å². The van der Waals surface area contributed by atoms with Crippen LogP contribution in [-0.4, -0.2) is 38.3 Å². The van der Waals surface area contributed by atoms with Crippen molar-refractivity contribution in [2.75, 3.05) is 26.5 Å². The van der Waals surface area contributed by atoms with E-state index in [9.17, 15) is 9.59 Å². The number of hydrogen-bond acceptors (Lipinski definition) is 5. The molecule has 166 valence electrons. The second-order valence-corrected chi connectivity index (χ2v) is 8.14. The van der Waals surface area contributed by atoms with E-state index in [1.807, 2.05) is 32.0 Å². The highest BCUT2D eigenvalue weighted by molar-refractivity contribution is 5.96. The Kier molecular flexibility index (Phi) is 7.39. The van der Waals surface area contributed by atoms with Crippen LogP contribution in [0.3, 0.4) is 0 Å². The molecule has 2 N–H and O–H groups in total. The molecule has 7 heteroatoms. The topological polar surface area (TPSA) is 85.9 Å². The average Bonchev–Trinajstić information content (AvgIpc) is 3.25. The highest BCUT2D eigenvalue weighted by atomic mass is 16.7. The SMILES string of the molecule is CCCCOc1ccc(C(=O)NCC(=O)NCC(C)(C)c2ccc3c(c2)OCO3)cc1. The lowest BCUT2D eigenvalue weighted by Crippen LogP contribution is -2.42. The summed E-state index contributed by atoms with van der Waals surface area (Å²) in [4.78, 5) is 24.5. The van der Waals surface area contributed by atoms with E-state index < -0.39 is 0 Å². The van der Waals surface area contributed by atoms with Gasteiger partial charge in [-0.1, -0.05) is 33.3 Å². The highest BCUT2D eigenvalue weighted by Crippen LogP contribution is 2.36. The molecule has 0 bridgehead atoms. The fourth-order valence-electron chi connectivity index (χ4n) is 3.10. The maximum Gasteiger partial charge on any atom is 0.251 e. The van der Waals surface area contributed by atoms with E-state index in [-0.39, 0.29) is 30.6 Å². The molecule has 0 saturated heterocycles. The summed E-state index contributed by atoms with van der Waals surface area (Å²) in [5, 5.41) is 5.54. The van der Waals surface area contributed by atoms with Gasteiger partial charge in [-0.2, -0.15) is 0 Å². The number of ether oxygens (including phenoxy) is 3. The minimum atomic E-state index is -0.311. The quantitative estimate of drug-likeness (QED) is 0.569. The molecular formula is C24H30N2O5. The Morgan fingerprint density at radius 1 is 1.03 bits per heavy atom. The molecule has 0 radical (unpaired) electrons. The van der Waals surface area contributed by atoms with E-state index in [0.717, 1.165) is 29.9 Å². The number of carbonyl (C=O) groups excluding carboxylic acids is 2. The molecule has 31 heavy (non-hydrogen) atoms. The first kappa shape index (κ1) is 22.5. The standard InChI is InChI=1S/C24H30N2O5/c1-4-5-12-29-19-9-6-17(7-10-19)23(28)25-14-22(27)26-15-24(2,3)18-8-11-20-21(13-18)31-16-30-20/h6-11,13H,4-5,12,14-16H2,1-3H3,(H,25,28)(H,26,27). The predicted molar refractivity (Wildman–Crippen MR) is 118 cm³/mol. The number of carbonyl (C=O) groups is 2. The van der Waals surface area contributed by atoms with Crippen molar-refractivity contribution < 1.29 is 23.8 Å². The second-order valence-electron chi connectivity index (χ2n) is 8.14. The molecule has 2 aromatic rings. The first-order chi connectivity index (χ1) is 14.9. The smallest absolute Gasteiger partial charge is 0.251 e. The van der Waals surface area contributed by atoms with Gasteiger partial charge in [-0.15, -0.1) is 0 Å². The van der Waals surface area contributed by atoms with Crippen molar-refractivity contribution in [2.24, 2.45) is 0 Å². The molecule has 7 nitrogen and oxygen atoms in total. The fourth-order valence-corrected chi connectivity index (χ4v) is 3.10. The summed E-state index contributed by atoms with van der Waals surface area (Å²) in [6.45, 7) is 7.39. The van der Waals surface area contributed by atoms with E-state index >= 15 is 0 Å². The van der Waals surface area contributed by atoms with Gasteiger partial charge in [0.15, 0.2) is 11.5 Å². The molecule has 1 heterocycles. The Bertz CT molecular complexity index is 909. The second kappa shape index (κ2) is 10.2. The Labute approximate surface area is 183 Å². The molecule has 0 aromatic heterocycles. The summed E-state index contributed by atoms with van der Waals surface area (Å²) >= 11 is 0. The van der Waals surface area contributed by atoms with Gasteiger partial charge in [-0.3, -0.25) is 9.59 Å². The predicted octanol–water partition coefficient (Wildman–Crippen LogP) is 3.42. The third kappa shape index (κ3) is 6.13. The Balaban J connectivity index is 1.44. The first-order valence-electron chi connectivity index (χ1n) is 10.6. The number of rotatable bonds is 10. The lowest BCUT2D eigenvalue weighted by molar-refractivity contribution is -0.120. The molecule has 0 fully saturated rings. The van der Waals surface area contributed by atoms with Gasteiger partial charge in [0.05, 0.1) is 13.2 Å². The molecule has 0 aliphatic carbocycles. The van der Waals surface area contributed by atoms with E-state index in [4.69, 9.17) is 14.2 Å². The van der Waals surface area contributed by atoms with E-state index in [0.29, 0.717) is 24.5 Å². The summed E-state index contributed by atoms with van der Waals surface area (Å²) < 4.78 is 16.4. The largest absolute Gasteiger partial charge is 0.494 e. The third-order valence-electron chi connectivity index (χ3n) is 5.17. The minimum Gasteiger partial charge on any atom is -0.494 e. The van der Waals surface area contributed by atoms with Crippen LogP contribution in [0.5, 0.6) is 17.2 Å². The van der Waals surface area contributed by atoms with Crippen LogP contribution in [0.15, 0.2) is 42.5 Å². The summed E-state index contributed by atoms with van der Waals surface area (Å²) in [5.74, 6) is 1.62. The summed E-state index contributed by atoms with van der Waals surface area (Å²) in [7, 11) is 0. The maximum absolute atomic E-state index is 12.3. The van der Waals surface area contributed by atoms with Crippen molar-refractivity contribution >= 4 is 11.8 Å². The number of fused-ring (bicyclic) bond motifs is 1. The molecule has 1 aliphatic heterocycles. The van der Waals surface area contributed by atoms with Crippen LogP contribution in [0, 0.1) is 0 Å². The van der Waals surface area contributed by atoms with Crippen LogP contribution >= 0.6 is 0 Å². The van der Waals surface area contributed by atoms with Gasteiger partial charge in [0, 0.05) is 17.5 Å². The molecule has 2 aromatic carbocycles. The van der Waals surface area contributed by atoms with Crippen LogP contribution < -0.4 is 24.8 Å². The Hall–Kier alpha value is -3.22. The number of amides is 2. The third-order valence-corrected chi connectivity index (χ3v) is 5.17. The van der Waals surface area contributed by atoms with Crippen molar-refractivity contribution in [3.63, 3.8) is 0 Å². The molecule has 3 rings (SSSR count). The van der Waals surface area contributed by atoms with E-state index in [1.165, 1.54) is 0 Å². The zero-order chi connectivity index (χ0) is 22.3. The fraction of sp³-hybridized carbons (Fsp3) is 0.417. The summed E-state index contributed by atoms with van der Waals surface area (Å²) in [5.41, 5.74) is 1.20. The molecule has 0 spiro atoms. The Morgan fingerprint density at radius 3 is 2.52 bits per heavy atom. The first-order valence-corrected chi connectivity index (χ1v) is 10.6. The van der Waals surface area contributed by atoms with Gasteiger partial charge < -0.3 is 24.8 Å². The van der Waals surface area contributed by atoms with Crippen molar-refractivity contribution in [3.05, 3.63) is 53.6 Å². The molecular weight excluding hydrogens is 396 g/mol. The highest BCUT2D eigenvalue weighted by Gasteiger charge is 2.24. The van der Waals surface area contributed by atoms with Crippen molar-refractivity contribution in [2.45, 2.75) is 39.0 Å². The van der Waals surface area contributed by atoms with Gasteiger partial charge in [-0.25, -0.2) is 0 Å². The Morgan fingerprint density at radius 2 is 1.77 bits per heavy atom. The van der Waals surface area contributed by atoms with Gasteiger partial charge in [0.2, 0.25) is 12.7 Å². The van der Waals surface area contributed by atoms with Crippen LogP contribution in [0.4, 0.5) is 0 Å². The van der Waals surface area contributed by atoms with Gasteiger partial charge in [0.25, 0.3) is 5.91 Å². The van der Waals surface area contributed by atoms with Gasteiger partial charge in [0.1, 0.15) is 5.75 Å². The van der Waals surface area contributed by atoms with Crippen molar-refractivity contribution in [1.82, 2.24) is 10.6 Å². The van der Waals surface area contributed by atoms with Crippen LogP contribution in [-0.2, 0) is 10.2 Å². The van der Waals surface area contributed by atoms with Crippen LogP contribution in [0.25, 0.3) is 0 Å². The zero-order valence-electron chi connectivity index (χ0n) is 18.3. The lowest BCUT2D eigenvalue weighted by Gasteiger charge is -2.26. The summed E-state index contributed by atoms with van der Waals surface area (Å²) in [6, 6.07) is 12.7. The minimum absolute atomic E-state index is 0.0925. The van der Waals surface area contributed by atoms with E-state index in [2.05, 4.69) is 17.6 Å². The van der Waals surface area contributed by atoms with Crippen molar-refractivity contribution in [3.8, 4) is 17.2 Å². The van der Waals surface area contributed by atoms with Crippen molar-refractivity contribution in [1.29, 1.82) is 0 Å². The summed E-state index contributed by atoms with van der Waals surface area (Å²) in [6.07, 6.45) is 2.05. The van der Waals surface area contributed by atoms with Gasteiger partial charge in [-0.05, 0) is 48.4 Å². The molecule has 0 saturated carbocycles. The molecule has 2 amide bonds. The lowest BCUT2D eigenvalue weighted by atomic mass is 9.84. The molecule has 1 aliphatic rings. The molecule has 0 unspecified atom stereocenters. The van der Waals surface area contributed by atoms with E-state index in [1.54, 1.807) is 24.3 Å². The number of unbranched alkanes of at least 4 members (excludes halogenated alkanes) is 1. The number of nitrogens with one attached hydrogen (secondary N) is 2. The number of benzene rings is 2. The molecule has 0 atom stereocenters. The van der Waals surface area contributed by atoms with Gasteiger partial charge >= 0.3 is 0 Å². The monoisotopic (exact) mass is 426 g/mol. The normalized spacial score (nSPS) is 12.4. The average molecular weight is 427 g/mol. The van der Waals surface area contributed by atoms with Crippen LogP contribution in [0.1, 0.15) is 49.5 Å². The maximum atomic E-state index is 12.3. The zero-order valence-corrected chi connectivity index (χ0v) is 18.3. The number of hydrogen-bond donors (Lipinski definition) is 2.